The number of carbonyl (C=O) groups excluding carboxylic acids is 1. The Balaban J connectivity index is 1.27. The molecule has 5 nitrogen and oxygen atoms in total. The van der Waals surface area contributed by atoms with Crippen molar-refractivity contribution in [2.24, 2.45) is 0 Å². The first-order valence-electron chi connectivity index (χ1n) is 10.9. The topological polar surface area (TPSA) is 67.2 Å². The Morgan fingerprint density at radius 2 is 1.86 bits per heavy atom. The molecule has 0 aliphatic carbocycles. The maximum atomic E-state index is 12.5. The lowest BCUT2D eigenvalue weighted by molar-refractivity contribution is -0.115. The van der Waals surface area contributed by atoms with Gasteiger partial charge in [0.05, 0.1) is 25.9 Å². The molecular weight excluding hydrogens is 660 g/mol. The van der Waals surface area contributed by atoms with Gasteiger partial charge in [0.2, 0.25) is 5.91 Å². The normalized spacial score (nSPS) is 11.2. The smallest absolute Gasteiger partial charge is 0.250 e. The molecule has 2 N–H and O–H groups in total. The second kappa shape index (κ2) is 11.3. The predicted octanol–water partition coefficient (Wildman–Crippen LogP) is 8.66. The van der Waals surface area contributed by atoms with Crippen molar-refractivity contribution in [3.63, 3.8) is 0 Å². The van der Waals surface area contributed by atoms with Gasteiger partial charge in [0.15, 0.2) is 5.11 Å². The summed E-state index contributed by atoms with van der Waals surface area (Å²) >= 11 is 21.6. The molecule has 0 atom stereocenters. The molecule has 0 saturated carbocycles. The number of nitrogens with one attached hydrogen (secondary N) is 2. The van der Waals surface area contributed by atoms with Gasteiger partial charge in [-0.05, 0) is 95.5 Å². The molecule has 5 aromatic rings. The first-order valence-corrected chi connectivity index (χ1v) is 13.9. The molecule has 0 saturated heterocycles. The van der Waals surface area contributed by atoms with Crippen molar-refractivity contribution in [2.75, 3.05) is 5.32 Å². The standard InChI is InChI=1S/C27H16Cl2IN3O2S2/c28-19-5-3-4-17(25(19)29)22-12-9-16(35-22)10-13-24(34)33-27(36)32-20-11-8-15(30)14-18(20)26-31-21-6-1-2-7-23(21)37-26/h1-14H,(H2,32,33,34,36). The zero-order chi connectivity index (χ0) is 25.9. The lowest BCUT2D eigenvalue weighted by Crippen LogP contribution is -2.33. The van der Waals surface area contributed by atoms with Crippen molar-refractivity contribution in [1.29, 1.82) is 0 Å². The molecule has 1 amide bonds. The molecule has 0 spiro atoms. The van der Waals surface area contributed by atoms with E-state index in [-0.39, 0.29) is 5.11 Å². The van der Waals surface area contributed by atoms with Crippen molar-refractivity contribution < 1.29 is 9.21 Å². The molecule has 0 radical (unpaired) electrons. The quantitative estimate of drug-likeness (QED) is 0.111. The van der Waals surface area contributed by atoms with Gasteiger partial charge in [0.25, 0.3) is 0 Å². The number of anilines is 1. The number of halogens is 3. The van der Waals surface area contributed by atoms with Gasteiger partial charge in [0.1, 0.15) is 16.5 Å². The SMILES string of the molecule is O=C(C=Cc1ccc(-c2cccc(Cl)c2Cl)o1)NC(=S)Nc1ccc(I)cc1-c1nc2ccccc2s1. The number of thiocarbonyl (C=S) groups is 1. The van der Waals surface area contributed by atoms with Crippen molar-refractivity contribution in [2.45, 2.75) is 0 Å². The first-order chi connectivity index (χ1) is 17.9. The minimum atomic E-state index is -0.400. The third-order valence-corrected chi connectivity index (χ3v) is 8.00. The van der Waals surface area contributed by atoms with Crippen molar-refractivity contribution in [1.82, 2.24) is 10.3 Å². The third kappa shape index (κ3) is 6.05. The van der Waals surface area contributed by atoms with Gasteiger partial charge in [-0.2, -0.15) is 0 Å². The highest BCUT2D eigenvalue weighted by Crippen LogP contribution is 2.36. The number of hydrogen-bond acceptors (Lipinski definition) is 5. The van der Waals surface area contributed by atoms with Crippen LogP contribution in [0.1, 0.15) is 5.76 Å². The molecule has 184 valence electrons. The van der Waals surface area contributed by atoms with E-state index in [2.05, 4.69) is 33.2 Å². The van der Waals surface area contributed by atoms with Crippen LogP contribution in [0.15, 0.2) is 83.3 Å². The number of benzene rings is 3. The zero-order valence-electron chi connectivity index (χ0n) is 18.8. The number of furan rings is 1. The number of fused-ring (bicyclic) bond motifs is 1. The zero-order valence-corrected chi connectivity index (χ0v) is 24.1. The highest BCUT2D eigenvalue weighted by atomic mass is 127. The van der Waals surface area contributed by atoms with Gasteiger partial charge < -0.3 is 9.73 Å². The van der Waals surface area contributed by atoms with E-state index in [9.17, 15) is 4.79 Å². The van der Waals surface area contributed by atoms with E-state index in [1.807, 2.05) is 48.5 Å². The minimum absolute atomic E-state index is 0.170. The second-order valence-electron chi connectivity index (χ2n) is 7.76. The summed E-state index contributed by atoms with van der Waals surface area (Å²) in [5, 5.41) is 7.67. The first kappa shape index (κ1) is 25.9. The molecule has 37 heavy (non-hydrogen) atoms. The molecule has 2 heterocycles. The van der Waals surface area contributed by atoms with Gasteiger partial charge in [0, 0.05) is 20.8 Å². The van der Waals surface area contributed by atoms with Crippen LogP contribution in [-0.2, 0) is 4.79 Å². The van der Waals surface area contributed by atoms with Crippen molar-refractivity contribution in [3.8, 4) is 21.9 Å². The number of aromatic nitrogens is 1. The molecule has 0 fully saturated rings. The molecular formula is C27H16Cl2IN3O2S2. The van der Waals surface area contributed by atoms with Crippen LogP contribution in [0.2, 0.25) is 10.0 Å². The van der Waals surface area contributed by atoms with E-state index in [0.29, 0.717) is 27.1 Å². The Hall–Kier alpha value is -2.76. The van der Waals surface area contributed by atoms with Crippen LogP contribution in [-0.4, -0.2) is 16.0 Å². The second-order valence-corrected chi connectivity index (χ2v) is 11.2. The molecule has 10 heteroatoms. The van der Waals surface area contributed by atoms with Gasteiger partial charge in [-0.3, -0.25) is 10.1 Å². The average molecular weight is 676 g/mol. The Bertz CT molecular complexity index is 1650. The van der Waals surface area contributed by atoms with Gasteiger partial charge >= 0.3 is 0 Å². The van der Waals surface area contributed by atoms with Crippen molar-refractivity contribution in [3.05, 3.63) is 98.2 Å². The number of amides is 1. The fourth-order valence-electron chi connectivity index (χ4n) is 3.54. The van der Waals surface area contributed by atoms with Crippen LogP contribution in [0.5, 0.6) is 0 Å². The Morgan fingerprint density at radius 3 is 2.70 bits per heavy atom. The van der Waals surface area contributed by atoms with Crippen LogP contribution < -0.4 is 10.6 Å². The minimum Gasteiger partial charge on any atom is -0.457 e. The fourth-order valence-corrected chi connectivity index (χ4v) is 5.63. The third-order valence-electron chi connectivity index (χ3n) is 5.23. The maximum Gasteiger partial charge on any atom is 0.250 e. The monoisotopic (exact) mass is 675 g/mol. The predicted molar refractivity (Wildman–Crippen MR) is 165 cm³/mol. The Labute approximate surface area is 245 Å². The molecule has 0 unspecified atom stereocenters. The van der Waals surface area contributed by atoms with Crippen LogP contribution in [0.3, 0.4) is 0 Å². The number of carbonyl (C=O) groups is 1. The van der Waals surface area contributed by atoms with Gasteiger partial charge in [-0.25, -0.2) is 4.98 Å². The van der Waals surface area contributed by atoms with E-state index >= 15 is 0 Å². The van der Waals surface area contributed by atoms with Gasteiger partial charge in [-0.15, -0.1) is 11.3 Å². The maximum absolute atomic E-state index is 12.5. The Kier molecular flexibility index (Phi) is 7.92. The summed E-state index contributed by atoms with van der Waals surface area (Å²) in [6, 6.07) is 22.7. The average Bonchev–Trinajstić information content (AvgIpc) is 3.53. The number of thiazole rings is 1. The van der Waals surface area contributed by atoms with Crippen molar-refractivity contribution >= 4 is 102 Å². The lowest BCUT2D eigenvalue weighted by Gasteiger charge is -2.12. The molecule has 0 aliphatic rings. The summed E-state index contributed by atoms with van der Waals surface area (Å²) in [4.78, 5) is 17.3. The van der Waals surface area contributed by atoms with E-state index in [1.165, 1.54) is 6.08 Å². The molecule has 3 aromatic carbocycles. The summed E-state index contributed by atoms with van der Waals surface area (Å²) in [6.07, 6.45) is 2.90. The van der Waals surface area contributed by atoms with Gasteiger partial charge in [-0.1, -0.05) is 41.4 Å². The van der Waals surface area contributed by atoms with E-state index < -0.39 is 5.91 Å². The summed E-state index contributed by atoms with van der Waals surface area (Å²) in [5.41, 5.74) is 3.27. The number of para-hydroxylation sites is 1. The summed E-state index contributed by atoms with van der Waals surface area (Å²) in [5.74, 6) is 0.630. The summed E-state index contributed by atoms with van der Waals surface area (Å²) < 4.78 is 7.95. The molecule has 5 rings (SSSR count). The fraction of sp³-hybridized carbons (Fsp3) is 0. The largest absolute Gasteiger partial charge is 0.457 e. The van der Waals surface area contributed by atoms with E-state index in [1.54, 1.807) is 41.7 Å². The lowest BCUT2D eigenvalue weighted by atomic mass is 10.2. The van der Waals surface area contributed by atoms with E-state index in [4.69, 9.17) is 44.8 Å². The highest BCUT2D eigenvalue weighted by Gasteiger charge is 2.14. The van der Waals surface area contributed by atoms with E-state index in [0.717, 1.165) is 30.0 Å². The number of hydrogen-bond donors (Lipinski definition) is 2. The molecule has 2 aromatic heterocycles. The van der Waals surface area contributed by atoms with Crippen LogP contribution in [0, 0.1) is 3.57 Å². The Morgan fingerprint density at radius 1 is 1.03 bits per heavy atom. The van der Waals surface area contributed by atoms with Crippen LogP contribution >= 0.6 is 69.3 Å². The summed E-state index contributed by atoms with van der Waals surface area (Å²) in [6.45, 7) is 0. The summed E-state index contributed by atoms with van der Waals surface area (Å²) in [7, 11) is 0. The molecule has 0 bridgehead atoms. The van der Waals surface area contributed by atoms with Crippen LogP contribution in [0.25, 0.3) is 38.2 Å². The molecule has 0 aliphatic heterocycles. The number of rotatable bonds is 5. The number of nitrogens with zero attached hydrogens (tertiary/aromatic N) is 1. The van der Waals surface area contributed by atoms with Crippen LogP contribution in [0.4, 0.5) is 5.69 Å². The highest BCUT2D eigenvalue weighted by molar-refractivity contribution is 14.1.